The number of halogens is 2. The molecule has 2 atom stereocenters. The molecule has 10 heteroatoms. The van der Waals surface area contributed by atoms with Gasteiger partial charge in [-0.05, 0) is 48.9 Å². The highest BCUT2D eigenvalue weighted by atomic mass is 35.5. The van der Waals surface area contributed by atoms with Gasteiger partial charge in [-0.2, -0.15) is 9.40 Å². The van der Waals surface area contributed by atoms with Gasteiger partial charge in [-0.3, -0.25) is 9.48 Å². The normalized spacial score (nSPS) is 21.8. The maximum atomic E-state index is 15.3. The van der Waals surface area contributed by atoms with Gasteiger partial charge in [0, 0.05) is 24.0 Å². The van der Waals surface area contributed by atoms with Crippen molar-refractivity contribution < 1.29 is 22.7 Å². The Morgan fingerprint density at radius 1 is 1.17 bits per heavy atom. The summed E-state index contributed by atoms with van der Waals surface area (Å²) in [4.78, 5) is 11.6. The molecule has 0 bridgehead atoms. The molecule has 1 saturated carbocycles. The van der Waals surface area contributed by atoms with Crippen LogP contribution in [-0.4, -0.2) is 46.7 Å². The summed E-state index contributed by atoms with van der Waals surface area (Å²) in [7, 11) is -3.85. The second kappa shape index (κ2) is 9.19. The van der Waals surface area contributed by atoms with Crippen molar-refractivity contribution in [1.82, 2.24) is 14.1 Å². The number of sulfonamides is 1. The quantitative estimate of drug-likeness (QED) is 0.495. The standard InChI is InChI=1S/C25H27ClFN3O4S/c1-15-13-29(35(33,34)22-9-5-4-8-18(22)26)14-21(15)30-25-17(20(28-30)12-23(31)32)10-11-19(27)24(25)16-6-2-3-7-16/h4-5,8-11,15-16,21H,2-3,6-7,12-14H2,1H3,(H,31,32)/t15-,21+/m1/s1. The van der Waals surface area contributed by atoms with Crippen molar-refractivity contribution in [3.05, 3.63) is 58.5 Å². The molecule has 0 amide bonds. The first-order chi connectivity index (χ1) is 16.7. The first kappa shape index (κ1) is 24.2. The van der Waals surface area contributed by atoms with Gasteiger partial charge in [0.15, 0.2) is 0 Å². The molecule has 1 aromatic heterocycles. The molecule has 1 N–H and O–H groups in total. The molecule has 2 fully saturated rings. The number of aromatic nitrogens is 2. The number of aliphatic carboxylic acids is 1. The van der Waals surface area contributed by atoms with Gasteiger partial charge >= 0.3 is 5.97 Å². The predicted molar refractivity (Wildman–Crippen MR) is 131 cm³/mol. The molecule has 7 nitrogen and oxygen atoms in total. The van der Waals surface area contributed by atoms with E-state index in [9.17, 15) is 18.3 Å². The SMILES string of the molecule is C[C@@H]1CN(S(=O)(=O)c2ccccc2Cl)C[C@@H]1n1nc(CC(=O)O)c2ccc(F)c(C3CCCC3)c21. The van der Waals surface area contributed by atoms with Crippen molar-refractivity contribution >= 4 is 38.5 Å². The van der Waals surface area contributed by atoms with Gasteiger partial charge in [0.1, 0.15) is 10.7 Å². The lowest BCUT2D eigenvalue weighted by Gasteiger charge is -2.20. The predicted octanol–water partition coefficient (Wildman–Crippen LogP) is 5.00. The second-order valence-corrected chi connectivity index (χ2v) is 11.9. The number of benzene rings is 2. The molecule has 2 aliphatic rings. The summed E-state index contributed by atoms with van der Waals surface area (Å²) in [5.74, 6) is -1.44. The van der Waals surface area contributed by atoms with Crippen molar-refractivity contribution in [3.63, 3.8) is 0 Å². The molecular formula is C25H27ClFN3O4S. The van der Waals surface area contributed by atoms with Crippen molar-refractivity contribution in [2.24, 2.45) is 5.92 Å². The number of fused-ring (bicyclic) bond motifs is 1. The summed E-state index contributed by atoms with van der Waals surface area (Å²) in [5, 5.41) is 14.9. The molecule has 0 unspecified atom stereocenters. The van der Waals surface area contributed by atoms with E-state index in [0.29, 0.717) is 22.2 Å². The largest absolute Gasteiger partial charge is 0.481 e. The monoisotopic (exact) mass is 519 g/mol. The van der Waals surface area contributed by atoms with Gasteiger partial charge < -0.3 is 5.11 Å². The van der Waals surface area contributed by atoms with E-state index in [0.717, 1.165) is 25.7 Å². The number of nitrogens with zero attached hydrogens (tertiary/aromatic N) is 3. The van der Waals surface area contributed by atoms with Crippen LogP contribution in [0, 0.1) is 11.7 Å². The Hall–Kier alpha value is -2.49. The van der Waals surface area contributed by atoms with Gasteiger partial charge in [0.25, 0.3) is 0 Å². The average molecular weight is 520 g/mol. The van der Waals surface area contributed by atoms with Crippen LogP contribution in [0.25, 0.3) is 10.9 Å². The van der Waals surface area contributed by atoms with Gasteiger partial charge in [0.05, 0.1) is 28.7 Å². The molecule has 35 heavy (non-hydrogen) atoms. The molecular weight excluding hydrogens is 493 g/mol. The molecule has 0 radical (unpaired) electrons. The smallest absolute Gasteiger partial charge is 0.309 e. The van der Waals surface area contributed by atoms with E-state index in [1.54, 1.807) is 28.9 Å². The molecule has 2 aromatic carbocycles. The van der Waals surface area contributed by atoms with E-state index in [-0.39, 0.29) is 53.1 Å². The summed E-state index contributed by atoms with van der Waals surface area (Å²) in [6, 6.07) is 8.96. The Balaban J connectivity index is 1.62. The minimum absolute atomic E-state index is 0.0338. The van der Waals surface area contributed by atoms with Crippen LogP contribution in [0.2, 0.25) is 5.02 Å². The minimum atomic E-state index is -3.85. The number of hydrogen-bond acceptors (Lipinski definition) is 4. The van der Waals surface area contributed by atoms with Crippen LogP contribution in [0.4, 0.5) is 4.39 Å². The van der Waals surface area contributed by atoms with Gasteiger partial charge in [0.2, 0.25) is 10.0 Å². The third kappa shape index (κ3) is 4.23. The molecule has 5 rings (SSSR count). The Kier molecular flexibility index (Phi) is 6.35. The number of carbonyl (C=O) groups is 1. The highest BCUT2D eigenvalue weighted by molar-refractivity contribution is 7.89. The van der Waals surface area contributed by atoms with E-state index in [1.807, 2.05) is 6.92 Å². The van der Waals surface area contributed by atoms with Crippen LogP contribution < -0.4 is 0 Å². The van der Waals surface area contributed by atoms with Gasteiger partial charge in [-0.15, -0.1) is 0 Å². The van der Waals surface area contributed by atoms with Crippen molar-refractivity contribution in [1.29, 1.82) is 0 Å². The Morgan fingerprint density at radius 3 is 2.57 bits per heavy atom. The fraction of sp³-hybridized carbons (Fsp3) is 0.440. The Morgan fingerprint density at radius 2 is 1.89 bits per heavy atom. The first-order valence-corrected chi connectivity index (χ1v) is 13.7. The molecule has 0 spiro atoms. The molecule has 2 heterocycles. The molecule has 3 aromatic rings. The topological polar surface area (TPSA) is 92.5 Å². The van der Waals surface area contributed by atoms with Crippen molar-refractivity contribution in [3.8, 4) is 0 Å². The van der Waals surface area contributed by atoms with Crippen LogP contribution >= 0.6 is 11.6 Å². The average Bonchev–Trinajstić information content (AvgIpc) is 3.53. The summed E-state index contributed by atoms with van der Waals surface area (Å²) in [6.07, 6.45) is 3.47. The zero-order valence-corrected chi connectivity index (χ0v) is 20.9. The lowest BCUT2D eigenvalue weighted by atomic mass is 9.93. The fourth-order valence-corrected chi connectivity index (χ4v) is 7.68. The van der Waals surface area contributed by atoms with Crippen LogP contribution in [0.15, 0.2) is 41.3 Å². The lowest BCUT2D eigenvalue weighted by molar-refractivity contribution is -0.136. The van der Waals surface area contributed by atoms with E-state index in [1.165, 1.54) is 16.4 Å². The lowest BCUT2D eigenvalue weighted by Crippen LogP contribution is -2.29. The highest BCUT2D eigenvalue weighted by Crippen LogP contribution is 2.42. The summed E-state index contributed by atoms with van der Waals surface area (Å²) < 4.78 is 45.2. The van der Waals surface area contributed by atoms with E-state index >= 15 is 4.39 Å². The maximum Gasteiger partial charge on any atom is 0.309 e. The zero-order valence-electron chi connectivity index (χ0n) is 19.3. The second-order valence-electron chi connectivity index (χ2n) is 9.60. The maximum absolute atomic E-state index is 15.3. The van der Waals surface area contributed by atoms with Crippen LogP contribution in [0.3, 0.4) is 0 Å². The molecule has 1 aliphatic heterocycles. The van der Waals surface area contributed by atoms with E-state index in [2.05, 4.69) is 5.10 Å². The number of hydrogen-bond donors (Lipinski definition) is 1. The molecule has 186 valence electrons. The molecule has 1 aliphatic carbocycles. The van der Waals surface area contributed by atoms with E-state index < -0.39 is 16.0 Å². The third-order valence-electron chi connectivity index (χ3n) is 7.32. The third-order valence-corrected chi connectivity index (χ3v) is 9.65. The fourth-order valence-electron chi connectivity index (χ4n) is 5.63. The van der Waals surface area contributed by atoms with Crippen LogP contribution in [-0.2, 0) is 21.2 Å². The van der Waals surface area contributed by atoms with Crippen molar-refractivity contribution in [2.75, 3.05) is 13.1 Å². The Bertz CT molecular complexity index is 1400. The van der Waals surface area contributed by atoms with Crippen LogP contribution in [0.1, 0.15) is 55.8 Å². The van der Waals surface area contributed by atoms with Gasteiger partial charge in [-0.1, -0.05) is 43.5 Å². The molecule has 1 saturated heterocycles. The Labute approximate surface area is 208 Å². The van der Waals surface area contributed by atoms with Gasteiger partial charge in [-0.25, -0.2) is 12.8 Å². The summed E-state index contributed by atoms with van der Waals surface area (Å²) in [5.41, 5.74) is 1.54. The van der Waals surface area contributed by atoms with E-state index in [4.69, 9.17) is 11.6 Å². The zero-order chi connectivity index (χ0) is 24.9. The number of rotatable bonds is 6. The first-order valence-electron chi connectivity index (χ1n) is 11.8. The number of carboxylic acid groups (broad SMARTS) is 1. The highest BCUT2D eigenvalue weighted by Gasteiger charge is 2.41. The van der Waals surface area contributed by atoms with Crippen LogP contribution in [0.5, 0.6) is 0 Å². The summed E-state index contributed by atoms with van der Waals surface area (Å²) >= 11 is 6.20. The summed E-state index contributed by atoms with van der Waals surface area (Å²) in [6.45, 7) is 2.33. The van der Waals surface area contributed by atoms with Crippen molar-refractivity contribution in [2.45, 2.75) is 55.9 Å². The number of carboxylic acids is 1. The minimum Gasteiger partial charge on any atom is -0.481 e.